The van der Waals surface area contributed by atoms with Crippen molar-refractivity contribution in [3.8, 4) is 0 Å². The highest BCUT2D eigenvalue weighted by Gasteiger charge is 2.64. The van der Waals surface area contributed by atoms with Gasteiger partial charge >= 0.3 is 5.97 Å². The molecule has 0 N–H and O–H groups in total. The number of rotatable bonds is 4. The zero-order chi connectivity index (χ0) is 16.7. The fraction of sp³-hybridized carbons (Fsp3) is 0.400. The van der Waals surface area contributed by atoms with Gasteiger partial charge in [-0.25, -0.2) is 4.39 Å². The average Bonchev–Trinajstić information content (AvgIpc) is 3.02. The summed E-state index contributed by atoms with van der Waals surface area (Å²) in [5.41, 5.74) is 1.03. The second-order valence-electron chi connectivity index (χ2n) is 5.74. The van der Waals surface area contributed by atoms with Crippen LogP contribution in [0.1, 0.15) is 19.4 Å². The molecule has 7 heteroatoms. The van der Waals surface area contributed by atoms with E-state index in [-0.39, 0.29) is 33.5 Å². The number of carbonyl (C=O) groups excluding carboxylic acids is 1. The highest BCUT2D eigenvalue weighted by atomic mass is 35.5. The summed E-state index contributed by atoms with van der Waals surface area (Å²) in [6.45, 7) is 3.54. The second-order valence-corrected chi connectivity index (χ2v) is 7.24. The number of carbonyl (C=O) groups is 1. The Hall–Kier alpha value is -0.480. The first kappa shape index (κ1) is 17.9. The van der Waals surface area contributed by atoms with Crippen LogP contribution in [0.15, 0.2) is 22.7 Å². The fourth-order valence-corrected chi connectivity index (χ4v) is 3.69. The molecule has 1 aliphatic rings. The van der Waals surface area contributed by atoms with Gasteiger partial charge in [-0.05, 0) is 17.5 Å². The van der Waals surface area contributed by atoms with Crippen LogP contribution in [0.3, 0.4) is 0 Å². The number of allylic oxidation sites excluding steroid dienone is 1. The number of ether oxygens (including phenoxy) is 1. The summed E-state index contributed by atoms with van der Waals surface area (Å²) in [7, 11) is 0. The van der Waals surface area contributed by atoms with Gasteiger partial charge in [0.25, 0.3) is 0 Å². The van der Waals surface area contributed by atoms with Gasteiger partial charge in [0.2, 0.25) is 0 Å². The minimum atomic E-state index is -0.649. The predicted octanol–water partition coefficient (Wildman–Crippen LogP) is 5.77. The van der Waals surface area contributed by atoms with Crippen LogP contribution < -0.4 is 0 Å². The summed E-state index contributed by atoms with van der Waals surface area (Å²) in [5, 5.41) is 0.567. The molecule has 0 aromatic heterocycles. The van der Waals surface area contributed by atoms with Crippen LogP contribution in [-0.4, -0.2) is 5.97 Å². The van der Waals surface area contributed by atoms with Gasteiger partial charge in [-0.3, -0.25) is 4.79 Å². The van der Waals surface area contributed by atoms with Gasteiger partial charge in [0.05, 0.1) is 10.9 Å². The van der Waals surface area contributed by atoms with E-state index in [9.17, 15) is 9.18 Å². The van der Waals surface area contributed by atoms with Crippen molar-refractivity contribution in [1.29, 1.82) is 0 Å². The Morgan fingerprint density at radius 3 is 2.59 bits per heavy atom. The highest BCUT2D eigenvalue weighted by Crippen LogP contribution is 2.63. The van der Waals surface area contributed by atoms with Crippen molar-refractivity contribution < 1.29 is 13.9 Å². The van der Waals surface area contributed by atoms with Crippen LogP contribution in [0.2, 0.25) is 10.0 Å². The third-order valence-electron chi connectivity index (χ3n) is 3.92. The number of halogens is 5. The molecular formula is C15H13Cl4FO2. The molecule has 120 valence electrons. The zero-order valence-electron chi connectivity index (χ0n) is 11.8. The quantitative estimate of drug-likeness (QED) is 0.486. The third-order valence-corrected chi connectivity index (χ3v) is 5.11. The van der Waals surface area contributed by atoms with Gasteiger partial charge in [0.1, 0.15) is 12.4 Å². The van der Waals surface area contributed by atoms with Crippen molar-refractivity contribution >= 4 is 52.4 Å². The average molecular weight is 386 g/mol. The molecule has 2 nitrogen and oxygen atoms in total. The lowest BCUT2D eigenvalue weighted by Crippen LogP contribution is -2.11. The minimum absolute atomic E-state index is 0.115. The largest absolute Gasteiger partial charge is 0.460 e. The van der Waals surface area contributed by atoms with E-state index in [0.29, 0.717) is 5.03 Å². The van der Waals surface area contributed by atoms with Gasteiger partial charge in [-0.15, -0.1) is 0 Å². The molecule has 1 fully saturated rings. The van der Waals surface area contributed by atoms with Crippen molar-refractivity contribution in [2.75, 3.05) is 0 Å². The predicted molar refractivity (Wildman–Crippen MR) is 86.8 cm³/mol. The summed E-state index contributed by atoms with van der Waals surface area (Å²) in [6, 6.07) is 2.66. The molecule has 1 aliphatic carbocycles. The van der Waals surface area contributed by atoms with Crippen molar-refractivity contribution in [2.45, 2.75) is 20.5 Å². The molecule has 2 unspecified atom stereocenters. The SMILES string of the molecule is CC1(C)C(C(=O)OCc2cc(Cl)cc(Cl)c2F)C1/C(Cl)=C/Cl. The monoisotopic (exact) mass is 384 g/mol. The van der Waals surface area contributed by atoms with E-state index in [1.165, 1.54) is 17.7 Å². The normalized spacial score (nSPS) is 23.3. The Balaban J connectivity index is 2.06. The Labute approximate surface area is 148 Å². The molecular weight excluding hydrogens is 373 g/mol. The number of hydrogen-bond donors (Lipinski definition) is 0. The second kappa shape index (κ2) is 6.56. The number of benzene rings is 1. The van der Waals surface area contributed by atoms with E-state index in [1.54, 1.807) is 0 Å². The number of esters is 1. The van der Waals surface area contributed by atoms with Gasteiger partial charge in [-0.1, -0.05) is 60.3 Å². The Morgan fingerprint density at radius 1 is 1.36 bits per heavy atom. The first-order valence-corrected chi connectivity index (χ1v) is 8.03. The molecule has 0 bridgehead atoms. The van der Waals surface area contributed by atoms with Gasteiger partial charge in [0, 0.05) is 27.1 Å². The van der Waals surface area contributed by atoms with Gasteiger partial charge in [0.15, 0.2) is 0 Å². The lowest BCUT2D eigenvalue weighted by Gasteiger charge is -2.08. The molecule has 0 aliphatic heterocycles. The Kier molecular flexibility index (Phi) is 5.33. The fourth-order valence-electron chi connectivity index (χ4n) is 2.61. The molecule has 1 saturated carbocycles. The molecule has 2 atom stereocenters. The molecule has 2 rings (SSSR count). The standard InChI is InChI=1S/C15H13Cl4FO2/c1-15(2)11(10(19)5-16)12(15)14(21)22-6-7-3-8(17)4-9(18)13(7)20/h3-5,11-12H,6H2,1-2H3/b10-5-. The van der Waals surface area contributed by atoms with Crippen molar-refractivity contribution in [3.63, 3.8) is 0 Å². The van der Waals surface area contributed by atoms with Gasteiger partial charge < -0.3 is 4.74 Å². The maximum absolute atomic E-state index is 13.8. The van der Waals surface area contributed by atoms with E-state index >= 15 is 0 Å². The topological polar surface area (TPSA) is 26.3 Å². The minimum Gasteiger partial charge on any atom is -0.460 e. The van der Waals surface area contributed by atoms with E-state index in [4.69, 9.17) is 51.1 Å². The highest BCUT2D eigenvalue weighted by molar-refractivity contribution is 6.37. The van der Waals surface area contributed by atoms with Crippen LogP contribution in [0.5, 0.6) is 0 Å². The number of hydrogen-bond acceptors (Lipinski definition) is 2. The molecule has 1 aromatic carbocycles. The summed E-state index contributed by atoms with van der Waals surface area (Å²) in [5.74, 6) is -1.70. The molecule has 1 aromatic rings. The lowest BCUT2D eigenvalue weighted by atomic mass is 10.1. The van der Waals surface area contributed by atoms with E-state index in [2.05, 4.69) is 0 Å². The van der Waals surface area contributed by atoms with Crippen molar-refractivity contribution in [1.82, 2.24) is 0 Å². The zero-order valence-corrected chi connectivity index (χ0v) is 14.8. The lowest BCUT2D eigenvalue weighted by molar-refractivity contribution is -0.147. The third kappa shape index (κ3) is 3.38. The first-order valence-electron chi connectivity index (χ1n) is 6.46. The summed E-state index contributed by atoms with van der Waals surface area (Å²) in [4.78, 5) is 12.2. The maximum atomic E-state index is 13.8. The van der Waals surface area contributed by atoms with Crippen molar-refractivity contribution in [2.24, 2.45) is 17.3 Å². The van der Waals surface area contributed by atoms with Crippen LogP contribution in [0.4, 0.5) is 4.39 Å². The van der Waals surface area contributed by atoms with Gasteiger partial charge in [-0.2, -0.15) is 0 Å². The van der Waals surface area contributed by atoms with Crippen LogP contribution in [0.25, 0.3) is 0 Å². The first-order chi connectivity index (χ1) is 10.2. The smallest absolute Gasteiger partial charge is 0.310 e. The molecule has 22 heavy (non-hydrogen) atoms. The Morgan fingerprint density at radius 2 is 2.00 bits per heavy atom. The van der Waals surface area contributed by atoms with Crippen molar-refractivity contribution in [3.05, 3.63) is 44.1 Å². The van der Waals surface area contributed by atoms with E-state index in [1.807, 2.05) is 13.8 Å². The summed E-state index contributed by atoms with van der Waals surface area (Å²) >= 11 is 23.1. The molecule has 0 radical (unpaired) electrons. The van der Waals surface area contributed by atoms with E-state index in [0.717, 1.165) is 0 Å². The maximum Gasteiger partial charge on any atom is 0.310 e. The molecule has 0 saturated heterocycles. The van der Waals surface area contributed by atoms with E-state index < -0.39 is 17.7 Å². The van der Waals surface area contributed by atoms with Crippen LogP contribution in [0, 0.1) is 23.1 Å². The summed E-state index contributed by atoms with van der Waals surface area (Å²) < 4.78 is 19.0. The Bertz CT molecular complexity index is 643. The molecule has 0 spiro atoms. The molecule has 0 amide bonds. The van der Waals surface area contributed by atoms with Crippen LogP contribution >= 0.6 is 46.4 Å². The van der Waals surface area contributed by atoms with Crippen LogP contribution in [-0.2, 0) is 16.1 Å². The molecule has 0 heterocycles. The summed E-state index contributed by atoms with van der Waals surface area (Å²) in [6.07, 6.45) is 0.